The van der Waals surface area contributed by atoms with Crippen LogP contribution in [0, 0.1) is 6.92 Å². The first-order chi connectivity index (χ1) is 7.44. The summed E-state index contributed by atoms with van der Waals surface area (Å²) in [7, 11) is 0. The molecule has 3 N–H and O–H groups in total. The van der Waals surface area contributed by atoms with E-state index < -0.39 is 0 Å². The van der Waals surface area contributed by atoms with Crippen molar-refractivity contribution >= 4 is 11.5 Å². The molecule has 0 unspecified atom stereocenters. The Hall–Kier alpha value is -1.29. The summed E-state index contributed by atoms with van der Waals surface area (Å²) in [6.45, 7) is 9.52. The molecule has 1 heterocycles. The van der Waals surface area contributed by atoms with Crippen molar-refractivity contribution in [1.82, 2.24) is 4.98 Å². The van der Waals surface area contributed by atoms with Gasteiger partial charge in [0.05, 0.1) is 17.5 Å². The van der Waals surface area contributed by atoms with Crippen LogP contribution in [0.3, 0.4) is 0 Å². The van der Waals surface area contributed by atoms with E-state index >= 15 is 0 Å². The van der Waals surface area contributed by atoms with Crippen molar-refractivity contribution in [2.75, 3.05) is 24.2 Å². The topological polar surface area (TPSA) is 60.2 Å². The lowest BCUT2D eigenvalue weighted by Crippen LogP contribution is -2.33. The summed E-state index contributed by atoms with van der Waals surface area (Å²) in [5.74, 6) is 0.863. The van der Waals surface area contributed by atoms with Crippen LogP contribution >= 0.6 is 0 Å². The molecule has 0 saturated carbocycles. The predicted octanol–water partition coefficient (Wildman–Crippen LogP) is 2.20. The number of nitrogens with one attached hydrogen (secondary N) is 1. The van der Waals surface area contributed by atoms with Gasteiger partial charge in [0.15, 0.2) is 0 Å². The number of nitrogens with two attached hydrogens (primary N) is 1. The molecule has 0 amide bonds. The Morgan fingerprint density at radius 3 is 2.75 bits per heavy atom. The highest BCUT2D eigenvalue weighted by Crippen LogP contribution is 2.16. The minimum atomic E-state index is -0.190. The number of rotatable bonds is 5. The zero-order chi connectivity index (χ0) is 12.2. The number of nitrogen functional groups attached to an aromatic ring is 1. The monoisotopic (exact) mass is 223 g/mol. The minimum absolute atomic E-state index is 0.190. The van der Waals surface area contributed by atoms with Crippen LogP contribution in [-0.4, -0.2) is 23.7 Å². The molecular weight excluding hydrogens is 202 g/mol. The zero-order valence-electron chi connectivity index (χ0n) is 10.5. The highest BCUT2D eigenvalue weighted by Gasteiger charge is 2.17. The Kier molecular flexibility index (Phi) is 4.12. The van der Waals surface area contributed by atoms with Crippen molar-refractivity contribution in [3.8, 4) is 0 Å². The summed E-state index contributed by atoms with van der Waals surface area (Å²) in [6, 6.07) is 1.91. The van der Waals surface area contributed by atoms with Crippen LogP contribution in [-0.2, 0) is 4.74 Å². The zero-order valence-corrected chi connectivity index (χ0v) is 10.5. The summed E-state index contributed by atoms with van der Waals surface area (Å²) in [5, 5.41) is 3.27. The third-order valence-corrected chi connectivity index (χ3v) is 2.32. The summed E-state index contributed by atoms with van der Waals surface area (Å²) in [6.07, 6.45) is 1.66. The molecule has 0 spiro atoms. The van der Waals surface area contributed by atoms with Crippen molar-refractivity contribution < 1.29 is 4.74 Å². The Morgan fingerprint density at radius 1 is 1.50 bits per heavy atom. The van der Waals surface area contributed by atoms with E-state index in [1.807, 2.05) is 19.9 Å². The van der Waals surface area contributed by atoms with Crippen molar-refractivity contribution in [2.24, 2.45) is 0 Å². The van der Waals surface area contributed by atoms with Gasteiger partial charge in [0.1, 0.15) is 5.82 Å². The molecule has 1 aromatic heterocycles. The van der Waals surface area contributed by atoms with Gasteiger partial charge in [-0.2, -0.15) is 0 Å². The molecule has 0 saturated heterocycles. The van der Waals surface area contributed by atoms with Gasteiger partial charge in [-0.05, 0) is 39.3 Å². The van der Waals surface area contributed by atoms with E-state index in [1.54, 1.807) is 6.20 Å². The molecule has 1 rings (SSSR count). The molecule has 0 aromatic carbocycles. The normalized spacial score (nSPS) is 11.5. The molecule has 0 aliphatic rings. The van der Waals surface area contributed by atoms with Gasteiger partial charge in [-0.1, -0.05) is 0 Å². The van der Waals surface area contributed by atoms with Gasteiger partial charge in [0.2, 0.25) is 0 Å². The van der Waals surface area contributed by atoms with E-state index in [0.29, 0.717) is 12.3 Å². The third-order valence-electron chi connectivity index (χ3n) is 2.32. The summed E-state index contributed by atoms with van der Waals surface area (Å²) in [5.41, 5.74) is 7.19. The Balaban J connectivity index is 2.61. The first-order valence-corrected chi connectivity index (χ1v) is 5.54. The van der Waals surface area contributed by atoms with Gasteiger partial charge in [-0.3, -0.25) is 0 Å². The fourth-order valence-electron chi connectivity index (χ4n) is 1.52. The second kappa shape index (κ2) is 5.16. The molecule has 90 valence electrons. The molecule has 4 nitrogen and oxygen atoms in total. The number of aromatic nitrogens is 1. The van der Waals surface area contributed by atoms with Gasteiger partial charge in [-0.25, -0.2) is 4.98 Å². The van der Waals surface area contributed by atoms with Crippen LogP contribution in [0.1, 0.15) is 26.3 Å². The number of nitrogens with zero attached hydrogens (tertiary/aromatic N) is 1. The highest BCUT2D eigenvalue weighted by molar-refractivity contribution is 5.50. The van der Waals surface area contributed by atoms with Crippen molar-refractivity contribution in [3.05, 3.63) is 17.8 Å². The predicted molar refractivity (Wildman–Crippen MR) is 67.6 cm³/mol. The number of ether oxygens (including phenoxy) is 1. The molecule has 0 atom stereocenters. The van der Waals surface area contributed by atoms with E-state index in [0.717, 1.165) is 17.9 Å². The molecule has 0 radical (unpaired) electrons. The molecule has 16 heavy (non-hydrogen) atoms. The van der Waals surface area contributed by atoms with Gasteiger partial charge in [0.25, 0.3) is 0 Å². The lowest BCUT2D eigenvalue weighted by atomic mass is 10.1. The highest BCUT2D eigenvalue weighted by atomic mass is 16.5. The van der Waals surface area contributed by atoms with E-state index in [-0.39, 0.29) is 5.60 Å². The number of anilines is 2. The van der Waals surface area contributed by atoms with Crippen molar-refractivity contribution in [1.29, 1.82) is 0 Å². The van der Waals surface area contributed by atoms with Crippen LogP contribution in [0.5, 0.6) is 0 Å². The van der Waals surface area contributed by atoms with Gasteiger partial charge < -0.3 is 15.8 Å². The van der Waals surface area contributed by atoms with Gasteiger partial charge in [0, 0.05) is 13.2 Å². The summed E-state index contributed by atoms with van der Waals surface area (Å²) in [4.78, 5) is 4.25. The SMILES string of the molecule is CCOC(C)(C)CNc1ncc(N)cc1C. The molecule has 0 bridgehead atoms. The van der Waals surface area contributed by atoms with Crippen molar-refractivity contribution in [2.45, 2.75) is 33.3 Å². The first kappa shape index (κ1) is 12.8. The second-order valence-corrected chi connectivity index (χ2v) is 4.48. The van der Waals surface area contributed by atoms with Gasteiger partial charge in [-0.15, -0.1) is 0 Å². The van der Waals surface area contributed by atoms with Crippen LogP contribution in [0.15, 0.2) is 12.3 Å². The first-order valence-electron chi connectivity index (χ1n) is 5.54. The smallest absolute Gasteiger partial charge is 0.129 e. The average molecular weight is 223 g/mol. The second-order valence-electron chi connectivity index (χ2n) is 4.48. The molecule has 1 aromatic rings. The molecule has 0 fully saturated rings. The Bertz CT molecular complexity index is 350. The molecule has 0 aliphatic heterocycles. The fraction of sp³-hybridized carbons (Fsp3) is 0.583. The minimum Gasteiger partial charge on any atom is -0.397 e. The lowest BCUT2D eigenvalue weighted by molar-refractivity contribution is 0.000638. The summed E-state index contributed by atoms with van der Waals surface area (Å²) >= 11 is 0. The molecule has 0 aliphatic carbocycles. The number of pyridine rings is 1. The standard InChI is InChI=1S/C12H21N3O/c1-5-16-12(3,4)8-15-11-9(2)6-10(13)7-14-11/h6-7H,5,8,13H2,1-4H3,(H,14,15). The van der Waals surface area contributed by atoms with Crippen LogP contribution in [0.25, 0.3) is 0 Å². The fourth-order valence-corrected chi connectivity index (χ4v) is 1.52. The molecular formula is C12H21N3O. The Labute approximate surface area is 97.2 Å². The number of hydrogen-bond acceptors (Lipinski definition) is 4. The van der Waals surface area contributed by atoms with E-state index in [1.165, 1.54) is 0 Å². The number of aryl methyl sites for hydroxylation is 1. The lowest BCUT2D eigenvalue weighted by Gasteiger charge is -2.25. The summed E-state index contributed by atoms with van der Waals surface area (Å²) < 4.78 is 5.60. The quantitative estimate of drug-likeness (QED) is 0.803. The van der Waals surface area contributed by atoms with Crippen molar-refractivity contribution in [3.63, 3.8) is 0 Å². The van der Waals surface area contributed by atoms with Crippen LogP contribution in [0.2, 0.25) is 0 Å². The Morgan fingerprint density at radius 2 is 2.19 bits per heavy atom. The maximum atomic E-state index is 5.64. The van der Waals surface area contributed by atoms with Gasteiger partial charge >= 0.3 is 0 Å². The van der Waals surface area contributed by atoms with Crippen LogP contribution in [0.4, 0.5) is 11.5 Å². The van der Waals surface area contributed by atoms with Crippen LogP contribution < -0.4 is 11.1 Å². The van der Waals surface area contributed by atoms with E-state index in [9.17, 15) is 0 Å². The number of hydrogen-bond donors (Lipinski definition) is 2. The van der Waals surface area contributed by atoms with E-state index in [2.05, 4.69) is 24.1 Å². The maximum absolute atomic E-state index is 5.64. The third kappa shape index (κ3) is 3.70. The largest absolute Gasteiger partial charge is 0.397 e. The average Bonchev–Trinajstić information content (AvgIpc) is 2.16. The molecule has 4 heteroatoms. The maximum Gasteiger partial charge on any atom is 0.129 e. The van der Waals surface area contributed by atoms with E-state index in [4.69, 9.17) is 10.5 Å².